The first-order chi connectivity index (χ1) is 15.5. The molecular weight excluding hydrogens is 426 g/mol. The zero-order valence-corrected chi connectivity index (χ0v) is 18.4. The van der Waals surface area contributed by atoms with Gasteiger partial charge in [0.15, 0.2) is 0 Å². The van der Waals surface area contributed by atoms with E-state index in [4.69, 9.17) is 4.74 Å². The minimum Gasteiger partial charge on any atom is -0.457 e. The highest BCUT2D eigenvalue weighted by Gasteiger charge is 2.32. The second-order valence-electron chi connectivity index (χ2n) is 7.52. The summed E-state index contributed by atoms with van der Waals surface area (Å²) < 4.78 is 5.79. The summed E-state index contributed by atoms with van der Waals surface area (Å²) in [6, 6.07) is 20.0. The Kier molecular flexibility index (Phi) is 6.51. The molecule has 8 heteroatoms. The highest BCUT2D eigenvalue weighted by atomic mass is 32.1. The molecule has 1 saturated heterocycles. The van der Waals surface area contributed by atoms with Gasteiger partial charge in [0, 0.05) is 25.7 Å². The molecule has 2 heterocycles. The molecule has 3 aromatic rings. The predicted molar refractivity (Wildman–Crippen MR) is 123 cm³/mol. The van der Waals surface area contributed by atoms with E-state index >= 15 is 0 Å². The lowest BCUT2D eigenvalue weighted by atomic mass is 10.2. The first-order valence-corrected chi connectivity index (χ1v) is 11.1. The van der Waals surface area contributed by atoms with Crippen molar-refractivity contribution in [3.05, 3.63) is 77.0 Å². The van der Waals surface area contributed by atoms with Crippen LogP contribution in [0.15, 0.2) is 72.1 Å². The maximum atomic E-state index is 12.5. The molecule has 0 aliphatic carbocycles. The van der Waals surface area contributed by atoms with Crippen molar-refractivity contribution in [1.29, 1.82) is 0 Å². The van der Waals surface area contributed by atoms with Gasteiger partial charge in [-0.15, -0.1) is 11.3 Å². The highest BCUT2D eigenvalue weighted by molar-refractivity contribution is 7.12. The van der Waals surface area contributed by atoms with Crippen LogP contribution in [-0.2, 0) is 9.59 Å². The van der Waals surface area contributed by atoms with Crippen molar-refractivity contribution in [2.45, 2.75) is 12.5 Å². The van der Waals surface area contributed by atoms with Crippen LogP contribution in [0.25, 0.3) is 0 Å². The number of ether oxygens (including phenoxy) is 1. The summed E-state index contributed by atoms with van der Waals surface area (Å²) in [5.74, 6) is 0.869. The standard InChI is InChI=1S/C24H23N3O4S/c1-26(24(30)21-8-5-13-32-21)16-22(28)25-17-14-23(29)27(15-17)18-9-11-20(12-10-18)31-19-6-3-2-4-7-19/h2-13,17H,14-16H2,1H3,(H,25,28). The van der Waals surface area contributed by atoms with E-state index in [0.717, 1.165) is 11.4 Å². The molecule has 1 N–H and O–H groups in total. The van der Waals surface area contributed by atoms with Crippen LogP contribution >= 0.6 is 11.3 Å². The first-order valence-electron chi connectivity index (χ1n) is 10.2. The van der Waals surface area contributed by atoms with Gasteiger partial charge in [-0.2, -0.15) is 0 Å². The molecule has 1 aromatic heterocycles. The molecule has 2 aromatic carbocycles. The number of hydrogen-bond acceptors (Lipinski definition) is 5. The molecule has 7 nitrogen and oxygen atoms in total. The number of carbonyl (C=O) groups is 3. The predicted octanol–water partition coefficient (Wildman–Crippen LogP) is 3.53. The third-order valence-corrected chi connectivity index (χ3v) is 5.93. The number of carbonyl (C=O) groups excluding carboxylic acids is 3. The Morgan fingerprint density at radius 1 is 1.06 bits per heavy atom. The molecular formula is C24H23N3O4S. The van der Waals surface area contributed by atoms with E-state index in [2.05, 4.69) is 5.32 Å². The number of nitrogens with zero attached hydrogens (tertiary/aromatic N) is 2. The quantitative estimate of drug-likeness (QED) is 0.599. The zero-order valence-electron chi connectivity index (χ0n) is 17.6. The van der Waals surface area contributed by atoms with E-state index in [1.54, 1.807) is 24.1 Å². The Balaban J connectivity index is 1.31. The molecule has 0 saturated carbocycles. The normalized spacial score (nSPS) is 15.5. The maximum absolute atomic E-state index is 12.5. The average Bonchev–Trinajstić information content (AvgIpc) is 3.44. The molecule has 0 bridgehead atoms. The monoisotopic (exact) mass is 449 g/mol. The van der Waals surface area contributed by atoms with Crippen LogP contribution in [0, 0.1) is 0 Å². The molecule has 1 unspecified atom stereocenters. The van der Waals surface area contributed by atoms with Crippen molar-refractivity contribution in [1.82, 2.24) is 10.2 Å². The summed E-state index contributed by atoms with van der Waals surface area (Å²) in [5, 5.41) is 4.69. The third kappa shape index (κ3) is 5.15. The van der Waals surface area contributed by atoms with Crippen molar-refractivity contribution < 1.29 is 19.1 Å². The Labute approximate surface area is 190 Å². The molecule has 0 spiro atoms. The summed E-state index contributed by atoms with van der Waals surface area (Å²) in [4.78, 5) is 40.8. The summed E-state index contributed by atoms with van der Waals surface area (Å²) in [5.41, 5.74) is 0.747. The van der Waals surface area contributed by atoms with E-state index in [0.29, 0.717) is 17.2 Å². The Morgan fingerprint density at radius 3 is 2.47 bits per heavy atom. The number of thiophene rings is 1. The van der Waals surface area contributed by atoms with Gasteiger partial charge >= 0.3 is 0 Å². The number of hydrogen-bond donors (Lipinski definition) is 1. The third-order valence-electron chi connectivity index (χ3n) is 5.08. The Hall–Kier alpha value is -3.65. The molecule has 1 aliphatic rings. The molecule has 1 aliphatic heterocycles. The molecule has 1 atom stereocenters. The molecule has 3 amide bonds. The van der Waals surface area contributed by atoms with Gasteiger partial charge in [-0.25, -0.2) is 0 Å². The summed E-state index contributed by atoms with van der Waals surface area (Å²) in [6.07, 6.45) is 0.219. The number of likely N-dealkylation sites (N-methyl/N-ethyl adjacent to an activating group) is 1. The number of nitrogens with one attached hydrogen (secondary N) is 1. The molecule has 0 radical (unpaired) electrons. The molecule has 164 valence electrons. The van der Waals surface area contributed by atoms with Gasteiger partial charge in [-0.05, 0) is 47.8 Å². The lowest BCUT2D eigenvalue weighted by Crippen LogP contribution is -2.43. The van der Waals surface area contributed by atoms with Crippen molar-refractivity contribution in [3.63, 3.8) is 0 Å². The number of benzene rings is 2. The summed E-state index contributed by atoms with van der Waals surface area (Å²) in [6.45, 7) is 0.318. The topological polar surface area (TPSA) is 79.0 Å². The van der Waals surface area contributed by atoms with Gasteiger partial charge in [0.05, 0.1) is 17.5 Å². The van der Waals surface area contributed by atoms with Crippen LogP contribution in [-0.4, -0.2) is 48.8 Å². The Bertz CT molecular complexity index is 1080. The Morgan fingerprint density at radius 2 is 1.78 bits per heavy atom. The number of anilines is 1. The molecule has 4 rings (SSSR count). The van der Waals surface area contributed by atoms with Crippen LogP contribution in [0.2, 0.25) is 0 Å². The fraction of sp³-hybridized carbons (Fsp3) is 0.208. The summed E-state index contributed by atoms with van der Waals surface area (Å²) >= 11 is 1.34. The fourth-order valence-electron chi connectivity index (χ4n) is 3.52. The van der Waals surface area contributed by atoms with Gasteiger partial charge in [-0.1, -0.05) is 24.3 Å². The van der Waals surface area contributed by atoms with E-state index in [1.165, 1.54) is 16.2 Å². The minimum atomic E-state index is -0.305. The van der Waals surface area contributed by atoms with Gasteiger partial charge in [-0.3, -0.25) is 14.4 Å². The first kappa shape index (κ1) is 21.6. The minimum absolute atomic E-state index is 0.0601. The van der Waals surface area contributed by atoms with Crippen molar-refractivity contribution in [2.75, 3.05) is 25.0 Å². The number of amides is 3. The maximum Gasteiger partial charge on any atom is 0.264 e. The fourth-order valence-corrected chi connectivity index (χ4v) is 4.24. The van der Waals surface area contributed by atoms with E-state index in [-0.39, 0.29) is 36.7 Å². The molecule has 32 heavy (non-hydrogen) atoms. The van der Waals surface area contributed by atoms with E-state index in [1.807, 2.05) is 60.0 Å². The number of para-hydroxylation sites is 1. The van der Waals surface area contributed by atoms with Crippen LogP contribution in [0.1, 0.15) is 16.1 Å². The summed E-state index contributed by atoms with van der Waals surface area (Å²) in [7, 11) is 1.59. The SMILES string of the molecule is CN(CC(=O)NC1CC(=O)N(c2ccc(Oc3ccccc3)cc2)C1)C(=O)c1cccs1. The smallest absolute Gasteiger partial charge is 0.264 e. The second-order valence-corrected chi connectivity index (χ2v) is 8.47. The van der Waals surface area contributed by atoms with Crippen molar-refractivity contribution in [3.8, 4) is 11.5 Å². The van der Waals surface area contributed by atoms with Gasteiger partial charge in [0.2, 0.25) is 11.8 Å². The average molecular weight is 450 g/mol. The lowest BCUT2D eigenvalue weighted by molar-refractivity contribution is -0.122. The van der Waals surface area contributed by atoms with Crippen LogP contribution in [0.3, 0.4) is 0 Å². The van der Waals surface area contributed by atoms with Crippen LogP contribution < -0.4 is 15.0 Å². The van der Waals surface area contributed by atoms with Gasteiger partial charge < -0.3 is 19.9 Å². The van der Waals surface area contributed by atoms with Crippen molar-refractivity contribution in [2.24, 2.45) is 0 Å². The van der Waals surface area contributed by atoms with Crippen LogP contribution in [0.5, 0.6) is 11.5 Å². The molecule has 1 fully saturated rings. The van der Waals surface area contributed by atoms with Gasteiger partial charge in [0.1, 0.15) is 11.5 Å². The van der Waals surface area contributed by atoms with Gasteiger partial charge in [0.25, 0.3) is 5.91 Å². The van der Waals surface area contributed by atoms with Crippen molar-refractivity contribution >= 4 is 34.7 Å². The number of rotatable bonds is 7. The lowest BCUT2D eigenvalue weighted by Gasteiger charge is -2.19. The highest BCUT2D eigenvalue weighted by Crippen LogP contribution is 2.27. The van der Waals surface area contributed by atoms with E-state index < -0.39 is 0 Å². The van der Waals surface area contributed by atoms with E-state index in [9.17, 15) is 14.4 Å². The zero-order chi connectivity index (χ0) is 22.5. The largest absolute Gasteiger partial charge is 0.457 e. The van der Waals surface area contributed by atoms with Crippen LogP contribution in [0.4, 0.5) is 5.69 Å². The second kappa shape index (κ2) is 9.65.